The summed E-state index contributed by atoms with van der Waals surface area (Å²) in [6.45, 7) is 3.12. The van der Waals surface area contributed by atoms with Crippen LogP contribution < -0.4 is 5.32 Å². The Kier molecular flexibility index (Phi) is 6.22. The van der Waals surface area contributed by atoms with Gasteiger partial charge in [0.25, 0.3) is 5.91 Å². The van der Waals surface area contributed by atoms with Crippen molar-refractivity contribution in [2.75, 3.05) is 13.1 Å². The molecule has 1 N–H and O–H groups in total. The molecule has 1 saturated heterocycles. The first-order chi connectivity index (χ1) is 13.0. The van der Waals surface area contributed by atoms with Crippen LogP contribution in [0.25, 0.3) is 0 Å². The van der Waals surface area contributed by atoms with Crippen molar-refractivity contribution in [2.45, 2.75) is 32.2 Å². The fourth-order valence-corrected chi connectivity index (χ4v) is 3.52. The lowest BCUT2D eigenvalue weighted by Crippen LogP contribution is -2.49. The normalized spacial score (nSPS) is 16.0. The number of halogens is 1. The molecule has 1 atom stereocenters. The maximum absolute atomic E-state index is 13.0. The van der Waals surface area contributed by atoms with Crippen LogP contribution in [-0.4, -0.2) is 35.8 Å². The van der Waals surface area contributed by atoms with Crippen LogP contribution >= 0.6 is 0 Å². The zero-order valence-electron chi connectivity index (χ0n) is 15.5. The van der Waals surface area contributed by atoms with Crippen LogP contribution in [-0.2, 0) is 11.2 Å². The first-order valence-corrected chi connectivity index (χ1v) is 9.42. The van der Waals surface area contributed by atoms with Gasteiger partial charge >= 0.3 is 0 Å². The van der Waals surface area contributed by atoms with Gasteiger partial charge in [-0.15, -0.1) is 0 Å². The highest BCUT2D eigenvalue weighted by Gasteiger charge is 2.27. The molecular weight excluding hydrogens is 343 g/mol. The van der Waals surface area contributed by atoms with Crippen LogP contribution in [0.3, 0.4) is 0 Å². The molecule has 2 amide bonds. The molecule has 4 nitrogen and oxygen atoms in total. The molecule has 2 aromatic rings. The number of nitrogens with zero attached hydrogens (tertiary/aromatic N) is 1. The van der Waals surface area contributed by atoms with E-state index in [-0.39, 0.29) is 11.8 Å². The smallest absolute Gasteiger partial charge is 0.251 e. The van der Waals surface area contributed by atoms with Crippen molar-refractivity contribution >= 4 is 11.8 Å². The zero-order chi connectivity index (χ0) is 19.2. The van der Waals surface area contributed by atoms with Gasteiger partial charge in [0, 0.05) is 18.7 Å². The monoisotopic (exact) mass is 368 g/mol. The van der Waals surface area contributed by atoms with E-state index < -0.39 is 11.9 Å². The highest BCUT2D eigenvalue weighted by Crippen LogP contribution is 2.22. The molecule has 0 aromatic heterocycles. The zero-order valence-corrected chi connectivity index (χ0v) is 15.5. The van der Waals surface area contributed by atoms with Crippen molar-refractivity contribution in [1.82, 2.24) is 10.2 Å². The number of rotatable bonds is 5. The SMILES string of the molecule is C[C@@H](NC(=O)c1ccc(F)cc1)C(=O)N1CCC(Cc2ccccc2)CC1. The molecular formula is C22H25FN2O2. The van der Waals surface area contributed by atoms with Gasteiger partial charge in [0.15, 0.2) is 0 Å². The van der Waals surface area contributed by atoms with E-state index >= 15 is 0 Å². The van der Waals surface area contributed by atoms with E-state index in [2.05, 4.69) is 29.6 Å². The fourth-order valence-electron chi connectivity index (χ4n) is 3.52. The fraction of sp³-hybridized carbons (Fsp3) is 0.364. The number of hydrogen-bond donors (Lipinski definition) is 1. The largest absolute Gasteiger partial charge is 0.341 e. The lowest BCUT2D eigenvalue weighted by Gasteiger charge is -2.33. The number of amides is 2. The van der Waals surface area contributed by atoms with Gasteiger partial charge in [0.1, 0.15) is 11.9 Å². The van der Waals surface area contributed by atoms with Gasteiger partial charge in [0.2, 0.25) is 5.91 Å². The quantitative estimate of drug-likeness (QED) is 0.879. The summed E-state index contributed by atoms with van der Waals surface area (Å²) < 4.78 is 13.0. The van der Waals surface area contributed by atoms with Crippen molar-refractivity contribution in [3.05, 3.63) is 71.5 Å². The first-order valence-electron chi connectivity index (χ1n) is 9.42. The van der Waals surface area contributed by atoms with Crippen LogP contribution in [0.1, 0.15) is 35.7 Å². The molecule has 3 rings (SSSR count). The molecule has 0 aliphatic carbocycles. The molecule has 5 heteroatoms. The van der Waals surface area contributed by atoms with E-state index in [4.69, 9.17) is 0 Å². The van der Waals surface area contributed by atoms with Crippen molar-refractivity contribution in [3.8, 4) is 0 Å². The summed E-state index contributed by atoms with van der Waals surface area (Å²) in [5.41, 5.74) is 1.68. The Bertz CT molecular complexity index is 769. The molecule has 2 aromatic carbocycles. The van der Waals surface area contributed by atoms with E-state index in [1.165, 1.54) is 29.8 Å². The first kappa shape index (κ1) is 19.1. The summed E-state index contributed by atoms with van der Waals surface area (Å²) >= 11 is 0. The Morgan fingerprint density at radius 1 is 1.07 bits per heavy atom. The average molecular weight is 368 g/mol. The third-order valence-corrected chi connectivity index (χ3v) is 5.12. The van der Waals surface area contributed by atoms with Gasteiger partial charge in [-0.05, 0) is 61.9 Å². The van der Waals surface area contributed by atoms with Crippen LogP contribution in [0, 0.1) is 11.7 Å². The number of carbonyl (C=O) groups excluding carboxylic acids is 2. The van der Waals surface area contributed by atoms with E-state index in [9.17, 15) is 14.0 Å². The van der Waals surface area contributed by atoms with Crippen LogP contribution in [0.15, 0.2) is 54.6 Å². The molecule has 0 saturated carbocycles. The third-order valence-electron chi connectivity index (χ3n) is 5.12. The van der Waals surface area contributed by atoms with Gasteiger partial charge in [-0.25, -0.2) is 4.39 Å². The van der Waals surface area contributed by atoms with Crippen molar-refractivity contribution in [2.24, 2.45) is 5.92 Å². The van der Waals surface area contributed by atoms with Gasteiger partial charge in [-0.3, -0.25) is 9.59 Å². The molecule has 1 heterocycles. The summed E-state index contributed by atoms with van der Waals surface area (Å²) in [7, 11) is 0. The maximum Gasteiger partial charge on any atom is 0.251 e. The minimum absolute atomic E-state index is 0.0661. The molecule has 142 valence electrons. The molecule has 0 spiro atoms. The van der Waals surface area contributed by atoms with E-state index in [0.717, 1.165) is 19.3 Å². The summed E-state index contributed by atoms with van der Waals surface area (Å²) in [5.74, 6) is -0.243. The number of piperidine rings is 1. The Labute approximate surface area is 159 Å². The molecule has 1 aliphatic heterocycles. The van der Waals surface area contributed by atoms with Crippen molar-refractivity contribution in [1.29, 1.82) is 0 Å². The topological polar surface area (TPSA) is 49.4 Å². The lowest BCUT2D eigenvalue weighted by atomic mass is 9.90. The van der Waals surface area contributed by atoms with Gasteiger partial charge in [0.05, 0.1) is 0 Å². The molecule has 1 aliphatic rings. The number of benzene rings is 2. The summed E-state index contributed by atoms with van der Waals surface area (Å²) in [5, 5.41) is 2.71. The molecule has 1 fully saturated rings. The summed E-state index contributed by atoms with van der Waals surface area (Å²) in [6.07, 6.45) is 2.98. The number of hydrogen-bond acceptors (Lipinski definition) is 2. The molecule has 0 unspecified atom stereocenters. The Balaban J connectivity index is 1.48. The van der Waals surface area contributed by atoms with Crippen LogP contribution in [0.2, 0.25) is 0 Å². The predicted octanol–water partition coefficient (Wildman–Crippen LogP) is 3.43. The van der Waals surface area contributed by atoms with Gasteiger partial charge < -0.3 is 10.2 Å². The van der Waals surface area contributed by atoms with E-state index in [1.54, 1.807) is 6.92 Å². The second kappa shape index (κ2) is 8.80. The number of nitrogens with one attached hydrogen (secondary N) is 1. The Morgan fingerprint density at radius 2 is 1.70 bits per heavy atom. The molecule has 27 heavy (non-hydrogen) atoms. The second-order valence-electron chi connectivity index (χ2n) is 7.16. The standard InChI is InChI=1S/C22H25FN2O2/c1-16(24-21(26)19-7-9-20(23)10-8-19)22(27)25-13-11-18(12-14-25)15-17-5-3-2-4-6-17/h2-10,16,18H,11-15H2,1H3,(H,24,26)/t16-/m1/s1. The lowest BCUT2D eigenvalue weighted by molar-refractivity contribution is -0.134. The minimum atomic E-state index is -0.603. The van der Waals surface area contributed by atoms with Crippen LogP contribution in [0.4, 0.5) is 4.39 Å². The third kappa shape index (κ3) is 5.16. The summed E-state index contributed by atoms with van der Waals surface area (Å²) in [6, 6.07) is 15.1. The average Bonchev–Trinajstić information content (AvgIpc) is 2.69. The maximum atomic E-state index is 13.0. The second-order valence-corrected chi connectivity index (χ2v) is 7.16. The van der Waals surface area contributed by atoms with Crippen LogP contribution in [0.5, 0.6) is 0 Å². The van der Waals surface area contributed by atoms with Gasteiger partial charge in [-0.1, -0.05) is 30.3 Å². The highest BCUT2D eigenvalue weighted by atomic mass is 19.1. The Morgan fingerprint density at radius 3 is 2.33 bits per heavy atom. The summed E-state index contributed by atoms with van der Waals surface area (Å²) in [4.78, 5) is 26.7. The van der Waals surface area contributed by atoms with E-state index in [1.807, 2.05) is 11.0 Å². The highest BCUT2D eigenvalue weighted by molar-refractivity contribution is 5.97. The number of carbonyl (C=O) groups is 2. The van der Waals surface area contributed by atoms with Gasteiger partial charge in [-0.2, -0.15) is 0 Å². The Hall–Kier alpha value is -2.69. The van der Waals surface area contributed by atoms with Crippen molar-refractivity contribution in [3.63, 3.8) is 0 Å². The molecule has 0 bridgehead atoms. The molecule has 0 radical (unpaired) electrons. The minimum Gasteiger partial charge on any atom is -0.341 e. The van der Waals surface area contributed by atoms with Crippen molar-refractivity contribution < 1.29 is 14.0 Å². The predicted molar refractivity (Wildman–Crippen MR) is 103 cm³/mol. The van der Waals surface area contributed by atoms with E-state index in [0.29, 0.717) is 24.6 Å². The number of likely N-dealkylation sites (tertiary alicyclic amines) is 1.